The van der Waals surface area contributed by atoms with Crippen LogP contribution in [0.5, 0.6) is 5.75 Å². The Morgan fingerprint density at radius 1 is 1.38 bits per heavy atom. The molecule has 0 amide bonds. The van der Waals surface area contributed by atoms with Crippen molar-refractivity contribution in [1.82, 2.24) is 0 Å². The second-order valence-corrected chi connectivity index (χ2v) is 5.02. The summed E-state index contributed by atoms with van der Waals surface area (Å²) in [7, 11) is 0. The van der Waals surface area contributed by atoms with Gasteiger partial charge in [-0.2, -0.15) is 0 Å². The zero-order chi connectivity index (χ0) is 11.3. The summed E-state index contributed by atoms with van der Waals surface area (Å²) in [5.74, 6) is 0.0361. The first-order valence-electron chi connectivity index (χ1n) is 5.47. The number of rotatable bonds is 3. The van der Waals surface area contributed by atoms with Crippen molar-refractivity contribution in [3.8, 4) is 5.75 Å². The summed E-state index contributed by atoms with van der Waals surface area (Å²) in [6.45, 7) is 0. The SMILES string of the molecule is OC1(c2cc(F)cc(Cl)c2OC2CC2)CC1. The Hall–Kier alpha value is -0.800. The quantitative estimate of drug-likeness (QED) is 0.883. The maximum Gasteiger partial charge on any atom is 0.144 e. The van der Waals surface area contributed by atoms with Crippen LogP contribution >= 0.6 is 11.6 Å². The van der Waals surface area contributed by atoms with Gasteiger partial charge in [-0.3, -0.25) is 0 Å². The molecule has 2 nitrogen and oxygen atoms in total. The van der Waals surface area contributed by atoms with Crippen LogP contribution in [0.15, 0.2) is 12.1 Å². The van der Waals surface area contributed by atoms with E-state index in [1.165, 1.54) is 12.1 Å². The van der Waals surface area contributed by atoms with Gasteiger partial charge in [0.05, 0.1) is 16.7 Å². The maximum absolute atomic E-state index is 13.3. The Labute approximate surface area is 98.0 Å². The van der Waals surface area contributed by atoms with Crippen molar-refractivity contribution >= 4 is 11.6 Å². The second-order valence-electron chi connectivity index (χ2n) is 4.61. The highest BCUT2D eigenvalue weighted by Gasteiger charge is 2.45. The molecule has 86 valence electrons. The number of aliphatic hydroxyl groups is 1. The fraction of sp³-hybridized carbons (Fsp3) is 0.500. The molecule has 2 fully saturated rings. The first-order valence-corrected chi connectivity index (χ1v) is 5.85. The standard InChI is InChI=1S/C12H12ClFO2/c13-10-6-7(14)5-9(12(15)3-4-12)11(10)16-8-1-2-8/h5-6,8,15H,1-4H2. The van der Waals surface area contributed by atoms with Gasteiger partial charge < -0.3 is 9.84 Å². The molecule has 0 saturated heterocycles. The molecule has 2 saturated carbocycles. The van der Waals surface area contributed by atoms with E-state index in [-0.39, 0.29) is 11.1 Å². The summed E-state index contributed by atoms with van der Waals surface area (Å²) in [6, 6.07) is 2.56. The van der Waals surface area contributed by atoms with Crippen LogP contribution in [0.3, 0.4) is 0 Å². The third-order valence-electron chi connectivity index (χ3n) is 3.04. The lowest BCUT2D eigenvalue weighted by atomic mass is 10.1. The molecule has 0 unspecified atom stereocenters. The van der Waals surface area contributed by atoms with E-state index in [9.17, 15) is 9.50 Å². The van der Waals surface area contributed by atoms with Crippen LogP contribution in [0.25, 0.3) is 0 Å². The van der Waals surface area contributed by atoms with Gasteiger partial charge in [-0.25, -0.2) is 4.39 Å². The summed E-state index contributed by atoms with van der Waals surface area (Å²) in [5.41, 5.74) is -0.417. The Kier molecular flexibility index (Phi) is 2.17. The Balaban J connectivity index is 2.04. The van der Waals surface area contributed by atoms with Gasteiger partial charge in [-0.05, 0) is 37.8 Å². The van der Waals surface area contributed by atoms with Crippen molar-refractivity contribution in [2.75, 3.05) is 0 Å². The van der Waals surface area contributed by atoms with Crippen molar-refractivity contribution in [3.63, 3.8) is 0 Å². The lowest BCUT2D eigenvalue weighted by molar-refractivity contribution is 0.144. The molecular weight excluding hydrogens is 231 g/mol. The van der Waals surface area contributed by atoms with E-state index < -0.39 is 11.4 Å². The molecule has 16 heavy (non-hydrogen) atoms. The van der Waals surface area contributed by atoms with E-state index in [1.807, 2.05) is 0 Å². The average Bonchev–Trinajstić information content (AvgIpc) is 3.08. The van der Waals surface area contributed by atoms with Gasteiger partial charge in [0.1, 0.15) is 11.6 Å². The van der Waals surface area contributed by atoms with Crippen LogP contribution in [-0.2, 0) is 5.60 Å². The third kappa shape index (κ3) is 1.78. The molecule has 1 N–H and O–H groups in total. The predicted octanol–water partition coefficient (Wildman–Crippen LogP) is 3.00. The highest BCUT2D eigenvalue weighted by molar-refractivity contribution is 6.32. The van der Waals surface area contributed by atoms with Gasteiger partial charge >= 0.3 is 0 Å². The Morgan fingerprint density at radius 3 is 2.62 bits per heavy atom. The van der Waals surface area contributed by atoms with Crippen molar-refractivity contribution in [1.29, 1.82) is 0 Å². The van der Waals surface area contributed by atoms with Crippen LogP contribution < -0.4 is 4.74 Å². The van der Waals surface area contributed by atoms with E-state index in [0.717, 1.165) is 12.8 Å². The van der Waals surface area contributed by atoms with E-state index in [1.54, 1.807) is 0 Å². The minimum absolute atomic E-state index is 0.184. The first kappa shape index (κ1) is 10.4. The Morgan fingerprint density at radius 2 is 2.06 bits per heavy atom. The molecule has 0 radical (unpaired) electrons. The van der Waals surface area contributed by atoms with Gasteiger partial charge in [0.2, 0.25) is 0 Å². The van der Waals surface area contributed by atoms with Gasteiger partial charge in [0.25, 0.3) is 0 Å². The number of ether oxygens (including phenoxy) is 1. The molecule has 2 aliphatic rings. The fourth-order valence-corrected chi connectivity index (χ4v) is 2.02. The van der Waals surface area contributed by atoms with Crippen LogP contribution in [-0.4, -0.2) is 11.2 Å². The molecule has 0 aromatic heterocycles. The molecule has 0 spiro atoms. The van der Waals surface area contributed by atoms with Crippen LogP contribution in [0.4, 0.5) is 4.39 Å². The highest BCUT2D eigenvalue weighted by Crippen LogP contribution is 2.51. The summed E-state index contributed by atoms with van der Waals surface area (Å²) in [5, 5.41) is 10.3. The zero-order valence-electron chi connectivity index (χ0n) is 8.67. The largest absolute Gasteiger partial charge is 0.488 e. The van der Waals surface area contributed by atoms with Gasteiger partial charge in [0.15, 0.2) is 0 Å². The molecule has 3 rings (SSSR count). The van der Waals surface area contributed by atoms with Crippen LogP contribution in [0.1, 0.15) is 31.2 Å². The number of hydrogen-bond acceptors (Lipinski definition) is 2. The smallest absolute Gasteiger partial charge is 0.144 e. The monoisotopic (exact) mass is 242 g/mol. The molecule has 0 atom stereocenters. The lowest BCUT2D eigenvalue weighted by Gasteiger charge is -2.16. The molecule has 0 bridgehead atoms. The van der Waals surface area contributed by atoms with Gasteiger partial charge in [-0.1, -0.05) is 11.6 Å². The number of halogens is 2. The highest BCUT2D eigenvalue weighted by atomic mass is 35.5. The summed E-state index contributed by atoms with van der Waals surface area (Å²) < 4.78 is 18.9. The first-order chi connectivity index (χ1) is 7.58. The molecule has 0 aliphatic heterocycles. The lowest BCUT2D eigenvalue weighted by Crippen LogP contribution is -2.10. The van der Waals surface area contributed by atoms with Crippen molar-refractivity contribution < 1.29 is 14.2 Å². The minimum Gasteiger partial charge on any atom is -0.488 e. The molecule has 2 aliphatic carbocycles. The molecule has 0 heterocycles. The molecule has 1 aromatic carbocycles. The van der Waals surface area contributed by atoms with Crippen LogP contribution in [0, 0.1) is 5.82 Å². The average molecular weight is 243 g/mol. The van der Waals surface area contributed by atoms with E-state index in [0.29, 0.717) is 24.2 Å². The van der Waals surface area contributed by atoms with Crippen molar-refractivity contribution in [2.24, 2.45) is 0 Å². The molecule has 4 heteroatoms. The summed E-state index contributed by atoms with van der Waals surface area (Å²) in [4.78, 5) is 0. The summed E-state index contributed by atoms with van der Waals surface area (Å²) in [6.07, 6.45) is 3.49. The Bertz CT molecular complexity index is 439. The van der Waals surface area contributed by atoms with Crippen molar-refractivity contribution in [2.45, 2.75) is 37.4 Å². The maximum atomic E-state index is 13.3. The fourth-order valence-electron chi connectivity index (χ4n) is 1.77. The second kappa shape index (κ2) is 3.34. The topological polar surface area (TPSA) is 29.5 Å². The van der Waals surface area contributed by atoms with Gasteiger partial charge in [-0.15, -0.1) is 0 Å². The molecule has 1 aromatic rings. The van der Waals surface area contributed by atoms with E-state index in [4.69, 9.17) is 16.3 Å². The van der Waals surface area contributed by atoms with Crippen LogP contribution in [0.2, 0.25) is 5.02 Å². The number of hydrogen-bond donors (Lipinski definition) is 1. The predicted molar refractivity (Wildman–Crippen MR) is 58.2 cm³/mol. The number of benzene rings is 1. The normalized spacial score (nSPS) is 21.9. The third-order valence-corrected chi connectivity index (χ3v) is 3.32. The molecular formula is C12H12ClFO2. The minimum atomic E-state index is -0.921. The zero-order valence-corrected chi connectivity index (χ0v) is 9.43. The van der Waals surface area contributed by atoms with Gasteiger partial charge in [0, 0.05) is 5.56 Å². The van der Waals surface area contributed by atoms with Crippen molar-refractivity contribution in [3.05, 3.63) is 28.5 Å². The van der Waals surface area contributed by atoms with E-state index in [2.05, 4.69) is 0 Å². The van der Waals surface area contributed by atoms with E-state index >= 15 is 0 Å². The summed E-state index contributed by atoms with van der Waals surface area (Å²) >= 11 is 5.96.